The van der Waals surface area contributed by atoms with Crippen molar-refractivity contribution in [3.8, 4) is 0 Å². The molecule has 19 heavy (non-hydrogen) atoms. The molecular formula is C14H16FN3O. The van der Waals surface area contributed by atoms with Gasteiger partial charge >= 0.3 is 5.69 Å². The van der Waals surface area contributed by atoms with E-state index < -0.39 is 0 Å². The lowest BCUT2D eigenvalue weighted by Gasteiger charge is -2.12. The van der Waals surface area contributed by atoms with E-state index in [1.165, 1.54) is 16.7 Å². The van der Waals surface area contributed by atoms with Crippen molar-refractivity contribution in [1.29, 1.82) is 0 Å². The second-order valence-corrected chi connectivity index (χ2v) is 4.52. The Hall–Kier alpha value is -2.01. The summed E-state index contributed by atoms with van der Waals surface area (Å²) >= 11 is 0. The maximum Gasteiger partial charge on any atom is 0.348 e. The Balaban J connectivity index is 2.47. The van der Waals surface area contributed by atoms with Gasteiger partial charge in [0.05, 0.1) is 6.54 Å². The Morgan fingerprint density at radius 2 is 2.00 bits per heavy atom. The van der Waals surface area contributed by atoms with E-state index in [1.54, 1.807) is 13.0 Å². The van der Waals surface area contributed by atoms with Gasteiger partial charge in [0.15, 0.2) is 0 Å². The molecule has 1 aromatic carbocycles. The number of aryl methyl sites for hydroxylation is 2. The highest BCUT2D eigenvalue weighted by Gasteiger charge is 2.08. The third-order valence-corrected chi connectivity index (χ3v) is 3.06. The Morgan fingerprint density at radius 1 is 1.26 bits per heavy atom. The Kier molecular flexibility index (Phi) is 3.76. The van der Waals surface area contributed by atoms with Crippen LogP contribution in [0.2, 0.25) is 0 Å². The number of hydrogen-bond acceptors (Lipinski definition) is 3. The van der Waals surface area contributed by atoms with E-state index in [0.717, 1.165) is 11.3 Å². The van der Waals surface area contributed by atoms with Crippen molar-refractivity contribution in [2.75, 3.05) is 0 Å². The topological polar surface area (TPSA) is 60.9 Å². The van der Waals surface area contributed by atoms with Crippen molar-refractivity contribution < 1.29 is 4.39 Å². The van der Waals surface area contributed by atoms with E-state index >= 15 is 0 Å². The highest BCUT2D eigenvalue weighted by molar-refractivity contribution is 5.28. The molecule has 5 heteroatoms. The van der Waals surface area contributed by atoms with Crippen LogP contribution in [-0.2, 0) is 13.1 Å². The van der Waals surface area contributed by atoms with Gasteiger partial charge in [0.2, 0.25) is 0 Å². The normalized spacial score (nSPS) is 10.7. The van der Waals surface area contributed by atoms with Crippen LogP contribution < -0.4 is 11.4 Å². The summed E-state index contributed by atoms with van der Waals surface area (Å²) < 4.78 is 14.8. The fraction of sp³-hybridized carbons (Fsp3) is 0.286. The van der Waals surface area contributed by atoms with Gasteiger partial charge in [0.1, 0.15) is 5.82 Å². The standard InChI is InChI=1S/C14H16FN3O/c1-9-5-10(2)18(14(19)17-9)8-12-6-13(15)4-3-11(12)7-16/h3-6H,7-8,16H2,1-2H3. The quantitative estimate of drug-likeness (QED) is 0.911. The van der Waals surface area contributed by atoms with Gasteiger partial charge in [0, 0.05) is 17.9 Å². The summed E-state index contributed by atoms with van der Waals surface area (Å²) in [5.41, 5.74) is 8.31. The molecule has 100 valence electrons. The number of hydrogen-bond donors (Lipinski definition) is 1. The van der Waals surface area contributed by atoms with Crippen LogP contribution >= 0.6 is 0 Å². The molecule has 0 aliphatic rings. The zero-order valence-corrected chi connectivity index (χ0v) is 11.0. The van der Waals surface area contributed by atoms with Crippen LogP contribution in [0, 0.1) is 19.7 Å². The molecule has 0 unspecified atom stereocenters. The number of nitrogens with two attached hydrogens (primary N) is 1. The summed E-state index contributed by atoms with van der Waals surface area (Å²) in [6.07, 6.45) is 0. The lowest BCUT2D eigenvalue weighted by atomic mass is 10.1. The van der Waals surface area contributed by atoms with Crippen molar-refractivity contribution in [3.05, 3.63) is 63.1 Å². The SMILES string of the molecule is Cc1cc(C)n(Cc2cc(F)ccc2CN)c(=O)n1. The lowest BCUT2D eigenvalue weighted by Crippen LogP contribution is -2.26. The number of rotatable bonds is 3. The summed E-state index contributed by atoms with van der Waals surface area (Å²) in [4.78, 5) is 15.8. The fourth-order valence-corrected chi connectivity index (χ4v) is 2.08. The zero-order valence-electron chi connectivity index (χ0n) is 11.0. The molecule has 0 radical (unpaired) electrons. The molecule has 0 bridgehead atoms. The van der Waals surface area contributed by atoms with E-state index in [1.807, 2.05) is 13.0 Å². The largest absolute Gasteiger partial charge is 0.348 e. The molecule has 0 saturated carbocycles. The van der Waals surface area contributed by atoms with Crippen LogP contribution in [-0.4, -0.2) is 9.55 Å². The first-order valence-corrected chi connectivity index (χ1v) is 6.03. The predicted molar refractivity (Wildman–Crippen MR) is 71.4 cm³/mol. The smallest absolute Gasteiger partial charge is 0.326 e. The molecule has 2 rings (SSSR count). The Morgan fingerprint density at radius 3 is 2.63 bits per heavy atom. The second kappa shape index (κ2) is 5.32. The number of aromatic nitrogens is 2. The summed E-state index contributed by atoms with van der Waals surface area (Å²) in [5, 5.41) is 0. The van der Waals surface area contributed by atoms with Crippen LogP contribution in [0.1, 0.15) is 22.5 Å². The molecule has 0 aliphatic carbocycles. The summed E-state index contributed by atoms with van der Waals surface area (Å²) in [7, 11) is 0. The highest BCUT2D eigenvalue weighted by atomic mass is 19.1. The summed E-state index contributed by atoms with van der Waals surface area (Å²) in [5.74, 6) is -0.335. The van der Waals surface area contributed by atoms with Gasteiger partial charge in [-0.2, -0.15) is 4.98 Å². The molecule has 0 fully saturated rings. The van der Waals surface area contributed by atoms with E-state index in [4.69, 9.17) is 5.73 Å². The van der Waals surface area contributed by atoms with E-state index in [-0.39, 0.29) is 18.1 Å². The van der Waals surface area contributed by atoms with Gasteiger partial charge in [0.25, 0.3) is 0 Å². The van der Waals surface area contributed by atoms with Crippen LogP contribution in [0.5, 0.6) is 0 Å². The van der Waals surface area contributed by atoms with Crippen molar-refractivity contribution >= 4 is 0 Å². The van der Waals surface area contributed by atoms with Crippen molar-refractivity contribution in [2.45, 2.75) is 26.9 Å². The van der Waals surface area contributed by atoms with Crippen LogP contribution in [0.4, 0.5) is 4.39 Å². The minimum absolute atomic E-state index is 0.280. The maximum atomic E-state index is 13.3. The highest BCUT2D eigenvalue weighted by Crippen LogP contribution is 2.13. The minimum Gasteiger partial charge on any atom is -0.326 e. The van der Waals surface area contributed by atoms with Gasteiger partial charge < -0.3 is 5.73 Å². The van der Waals surface area contributed by atoms with Crippen LogP contribution in [0.3, 0.4) is 0 Å². The second-order valence-electron chi connectivity index (χ2n) is 4.52. The molecule has 1 aromatic heterocycles. The van der Waals surface area contributed by atoms with Gasteiger partial charge in [-0.1, -0.05) is 6.07 Å². The van der Waals surface area contributed by atoms with Crippen molar-refractivity contribution in [1.82, 2.24) is 9.55 Å². The van der Waals surface area contributed by atoms with Gasteiger partial charge in [-0.05, 0) is 43.2 Å². The molecule has 2 aromatic rings. The molecule has 0 spiro atoms. The van der Waals surface area contributed by atoms with Crippen molar-refractivity contribution in [3.63, 3.8) is 0 Å². The summed E-state index contributed by atoms with van der Waals surface area (Å²) in [6.45, 7) is 4.19. The molecular weight excluding hydrogens is 245 g/mol. The number of nitrogens with zero attached hydrogens (tertiary/aromatic N) is 2. The average molecular weight is 261 g/mol. The van der Waals surface area contributed by atoms with Crippen molar-refractivity contribution in [2.24, 2.45) is 5.73 Å². The lowest BCUT2D eigenvalue weighted by molar-refractivity contribution is 0.618. The molecule has 2 N–H and O–H groups in total. The van der Waals surface area contributed by atoms with Gasteiger partial charge in [-0.25, -0.2) is 9.18 Å². The molecule has 0 aliphatic heterocycles. The van der Waals surface area contributed by atoms with Gasteiger partial charge in [-0.15, -0.1) is 0 Å². The average Bonchev–Trinajstić information content (AvgIpc) is 2.34. The zero-order chi connectivity index (χ0) is 14.0. The van der Waals surface area contributed by atoms with E-state index in [2.05, 4.69) is 4.98 Å². The van der Waals surface area contributed by atoms with E-state index in [0.29, 0.717) is 17.8 Å². The molecule has 0 atom stereocenters. The third-order valence-electron chi connectivity index (χ3n) is 3.06. The molecule has 1 heterocycles. The third kappa shape index (κ3) is 2.88. The molecule has 4 nitrogen and oxygen atoms in total. The Labute approximate surface area is 110 Å². The first kappa shape index (κ1) is 13.4. The predicted octanol–water partition coefficient (Wildman–Crippen LogP) is 1.51. The monoisotopic (exact) mass is 261 g/mol. The molecule has 0 saturated heterocycles. The summed E-state index contributed by atoms with van der Waals surface area (Å²) in [6, 6.07) is 6.25. The first-order valence-electron chi connectivity index (χ1n) is 6.03. The Bertz CT molecular complexity index is 664. The number of halogens is 1. The minimum atomic E-state index is -0.335. The van der Waals surface area contributed by atoms with E-state index in [9.17, 15) is 9.18 Å². The fourth-order valence-electron chi connectivity index (χ4n) is 2.08. The maximum absolute atomic E-state index is 13.3. The van der Waals surface area contributed by atoms with Crippen LogP contribution in [0.15, 0.2) is 29.1 Å². The first-order chi connectivity index (χ1) is 9.01. The number of benzene rings is 1. The van der Waals surface area contributed by atoms with Crippen LogP contribution in [0.25, 0.3) is 0 Å². The molecule has 0 amide bonds. The van der Waals surface area contributed by atoms with Gasteiger partial charge in [-0.3, -0.25) is 4.57 Å².